The quantitative estimate of drug-likeness (QED) is 0.698. The number of hydrogen-bond donors (Lipinski definition) is 3. The average molecular weight is 290 g/mol. The molecule has 6 heteroatoms. The number of nitrogen functional groups attached to an aromatic ring is 1. The van der Waals surface area contributed by atoms with Gasteiger partial charge in [-0.25, -0.2) is 0 Å². The minimum Gasteiger partial charge on any atom is -0.397 e. The zero-order valence-electron chi connectivity index (χ0n) is 12.0. The number of piperidine rings is 1. The summed E-state index contributed by atoms with van der Waals surface area (Å²) >= 11 is 0. The maximum absolute atomic E-state index is 11.9. The summed E-state index contributed by atoms with van der Waals surface area (Å²) in [5, 5.41) is 2.80. The van der Waals surface area contributed by atoms with Crippen molar-refractivity contribution in [3.05, 3.63) is 24.3 Å². The molecule has 0 radical (unpaired) electrons. The maximum Gasteiger partial charge on any atom is 0.225 e. The van der Waals surface area contributed by atoms with Gasteiger partial charge in [0.15, 0.2) is 0 Å². The average Bonchev–Trinajstić information content (AvgIpc) is 2.48. The molecule has 5 N–H and O–H groups in total. The van der Waals surface area contributed by atoms with Crippen molar-refractivity contribution in [3.63, 3.8) is 0 Å². The van der Waals surface area contributed by atoms with Gasteiger partial charge < -0.3 is 21.7 Å². The molecule has 0 bridgehead atoms. The van der Waals surface area contributed by atoms with Crippen LogP contribution in [0.15, 0.2) is 24.3 Å². The first-order valence-electron chi connectivity index (χ1n) is 7.22. The Labute approximate surface area is 124 Å². The molecule has 1 heterocycles. The second-order valence-electron chi connectivity index (χ2n) is 5.43. The molecule has 1 aliphatic rings. The zero-order chi connectivity index (χ0) is 15.2. The van der Waals surface area contributed by atoms with Gasteiger partial charge >= 0.3 is 0 Å². The third kappa shape index (κ3) is 4.46. The molecule has 1 fully saturated rings. The minimum absolute atomic E-state index is 0.0749. The number of benzene rings is 1. The molecular formula is C15H22N4O2. The van der Waals surface area contributed by atoms with Gasteiger partial charge in [0.2, 0.25) is 11.8 Å². The molecule has 2 rings (SSSR count). The lowest BCUT2D eigenvalue weighted by molar-refractivity contribution is -0.123. The highest BCUT2D eigenvalue weighted by Crippen LogP contribution is 2.18. The standard InChI is InChI=1S/C15H22N4O2/c16-12-5-1-2-6-13(12)18-14(20)7-9-19-8-3-4-11(10-19)15(17)21/h1-2,5-6,11H,3-4,7-10,16H2,(H2,17,21)(H,18,20). The van der Waals surface area contributed by atoms with Crippen LogP contribution in [0.5, 0.6) is 0 Å². The van der Waals surface area contributed by atoms with Crippen LogP contribution < -0.4 is 16.8 Å². The van der Waals surface area contributed by atoms with E-state index in [1.54, 1.807) is 12.1 Å². The molecule has 114 valence electrons. The van der Waals surface area contributed by atoms with Gasteiger partial charge in [0.05, 0.1) is 17.3 Å². The number of para-hydroxylation sites is 2. The van der Waals surface area contributed by atoms with E-state index in [-0.39, 0.29) is 17.7 Å². The van der Waals surface area contributed by atoms with E-state index in [2.05, 4.69) is 10.2 Å². The highest BCUT2D eigenvalue weighted by Gasteiger charge is 2.23. The van der Waals surface area contributed by atoms with Crippen molar-refractivity contribution in [1.82, 2.24) is 4.90 Å². The fourth-order valence-corrected chi connectivity index (χ4v) is 2.57. The molecule has 1 saturated heterocycles. The first kappa shape index (κ1) is 15.3. The Morgan fingerprint density at radius 1 is 1.33 bits per heavy atom. The van der Waals surface area contributed by atoms with Crippen molar-refractivity contribution in [1.29, 1.82) is 0 Å². The number of hydrogen-bond acceptors (Lipinski definition) is 4. The van der Waals surface area contributed by atoms with Crippen LogP contribution in [0.2, 0.25) is 0 Å². The number of nitrogens with one attached hydrogen (secondary N) is 1. The van der Waals surface area contributed by atoms with Crippen molar-refractivity contribution in [2.75, 3.05) is 30.7 Å². The molecule has 0 aliphatic carbocycles. The minimum atomic E-state index is -0.249. The van der Waals surface area contributed by atoms with E-state index in [0.29, 0.717) is 30.9 Å². The molecule has 6 nitrogen and oxygen atoms in total. The van der Waals surface area contributed by atoms with Crippen LogP contribution >= 0.6 is 0 Å². The van der Waals surface area contributed by atoms with Crippen molar-refractivity contribution in [2.24, 2.45) is 11.7 Å². The van der Waals surface area contributed by atoms with Crippen LogP contribution in [0.4, 0.5) is 11.4 Å². The third-order valence-corrected chi connectivity index (χ3v) is 3.80. The second-order valence-corrected chi connectivity index (χ2v) is 5.43. The van der Waals surface area contributed by atoms with Gasteiger partial charge in [0.1, 0.15) is 0 Å². The Balaban J connectivity index is 1.79. The monoisotopic (exact) mass is 290 g/mol. The summed E-state index contributed by atoms with van der Waals surface area (Å²) in [4.78, 5) is 25.3. The highest BCUT2D eigenvalue weighted by atomic mass is 16.2. The summed E-state index contributed by atoms with van der Waals surface area (Å²) in [6.07, 6.45) is 2.17. The van der Waals surface area contributed by atoms with E-state index >= 15 is 0 Å². The SMILES string of the molecule is NC(=O)C1CCCN(CCC(=O)Nc2ccccc2N)C1. The number of nitrogens with zero attached hydrogens (tertiary/aromatic N) is 1. The predicted octanol–water partition coefficient (Wildman–Crippen LogP) is 0.795. The topological polar surface area (TPSA) is 101 Å². The molecule has 0 aromatic heterocycles. The van der Waals surface area contributed by atoms with Crippen molar-refractivity contribution in [2.45, 2.75) is 19.3 Å². The van der Waals surface area contributed by atoms with Gasteiger partial charge in [-0.1, -0.05) is 12.1 Å². The van der Waals surface area contributed by atoms with Gasteiger partial charge in [-0.3, -0.25) is 9.59 Å². The number of rotatable bonds is 5. The molecule has 0 saturated carbocycles. The molecule has 1 atom stereocenters. The Hall–Kier alpha value is -2.08. The van der Waals surface area contributed by atoms with Crippen LogP contribution in [-0.2, 0) is 9.59 Å². The van der Waals surface area contributed by atoms with Crippen molar-refractivity contribution >= 4 is 23.2 Å². The van der Waals surface area contributed by atoms with E-state index < -0.39 is 0 Å². The highest BCUT2D eigenvalue weighted by molar-refractivity contribution is 5.93. The van der Waals surface area contributed by atoms with Crippen LogP contribution in [-0.4, -0.2) is 36.3 Å². The molecule has 2 amide bonds. The summed E-state index contributed by atoms with van der Waals surface area (Å²) in [5.74, 6) is -0.415. The van der Waals surface area contributed by atoms with Crippen LogP contribution in [0.1, 0.15) is 19.3 Å². The number of anilines is 2. The van der Waals surface area contributed by atoms with Crippen molar-refractivity contribution < 1.29 is 9.59 Å². The predicted molar refractivity (Wildman–Crippen MR) is 82.5 cm³/mol. The Kier molecular flexibility index (Phi) is 5.16. The summed E-state index contributed by atoms with van der Waals surface area (Å²) in [6.45, 7) is 2.18. The smallest absolute Gasteiger partial charge is 0.225 e. The summed E-state index contributed by atoms with van der Waals surface area (Å²) in [5.41, 5.74) is 12.3. The molecular weight excluding hydrogens is 268 g/mol. The Morgan fingerprint density at radius 3 is 2.81 bits per heavy atom. The number of primary amides is 1. The molecule has 1 unspecified atom stereocenters. The van der Waals surface area contributed by atoms with E-state index in [1.807, 2.05) is 12.1 Å². The number of nitrogens with two attached hydrogens (primary N) is 2. The second kappa shape index (κ2) is 7.08. The lowest BCUT2D eigenvalue weighted by Gasteiger charge is -2.30. The number of amides is 2. The van der Waals surface area contributed by atoms with Gasteiger partial charge in [-0.15, -0.1) is 0 Å². The molecule has 1 aromatic rings. The molecule has 0 spiro atoms. The largest absolute Gasteiger partial charge is 0.397 e. The van der Waals surface area contributed by atoms with Crippen molar-refractivity contribution in [3.8, 4) is 0 Å². The zero-order valence-corrected chi connectivity index (χ0v) is 12.0. The van der Waals surface area contributed by atoms with E-state index in [1.165, 1.54) is 0 Å². The molecule has 21 heavy (non-hydrogen) atoms. The Bertz CT molecular complexity index is 518. The first-order chi connectivity index (χ1) is 10.1. The number of carbonyl (C=O) groups excluding carboxylic acids is 2. The summed E-state index contributed by atoms with van der Waals surface area (Å²) in [6, 6.07) is 7.17. The number of likely N-dealkylation sites (tertiary alicyclic amines) is 1. The van der Waals surface area contributed by atoms with Crippen LogP contribution in [0.3, 0.4) is 0 Å². The maximum atomic E-state index is 11.9. The molecule has 1 aromatic carbocycles. The fourth-order valence-electron chi connectivity index (χ4n) is 2.57. The van der Waals surface area contributed by atoms with Gasteiger partial charge in [0.25, 0.3) is 0 Å². The van der Waals surface area contributed by atoms with E-state index in [9.17, 15) is 9.59 Å². The lowest BCUT2D eigenvalue weighted by Crippen LogP contribution is -2.42. The lowest BCUT2D eigenvalue weighted by atomic mass is 9.97. The summed E-state index contributed by atoms with van der Waals surface area (Å²) in [7, 11) is 0. The van der Waals surface area contributed by atoms with Gasteiger partial charge in [0, 0.05) is 19.5 Å². The fraction of sp³-hybridized carbons (Fsp3) is 0.467. The molecule has 1 aliphatic heterocycles. The van der Waals surface area contributed by atoms with Crippen LogP contribution in [0, 0.1) is 5.92 Å². The normalized spacial score (nSPS) is 19.1. The van der Waals surface area contributed by atoms with Gasteiger partial charge in [-0.05, 0) is 31.5 Å². The number of carbonyl (C=O) groups is 2. The van der Waals surface area contributed by atoms with Gasteiger partial charge in [-0.2, -0.15) is 0 Å². The third-order valence-electron chi connectivity index (χ3n) is 3.80. The summed E-state index contributed by atoms with van der Waals surface area (Å²) < 4.78 is 0. The Morgan fingerprint density at radius 2 is 2.10 bits per heavy atom. The first-order valence-corrected chi connectivity index (χ1v) is 7.22. The van der Waals surface area contributed by atoms with Crippen LogP contribution in [0.25, 0.3) is 0 Å². The van der Waals surface area contributed by atoms with E-state index in [4.69, 9.17) is 11.5 Å². The van der Waals surface area contributed by atoms with E-state index in [0.717, 1.165) is 19.4 Å².